The molecule has 0 spiro atoms. The Morgan fingerprint density at radius 2 is 0.679 bits per heavy atom. The van der Waals surface area contributed by atoms with Gasteiger partial charge in [-0.2, -0.15) is 0 Å². The van der Waals surface area contributed by atoms with Gasteiger partial charge >= 0.3 is 23.9 Å². The van der Waals surface area contributed by atoms with Gasteiger partial charge in [-0.1, -0.05) is 144 Å². The Balaban J connectivity index is 1.47. The van der Waals surface area contributed by atoms with E-state index < -0.39 is 45.5 Å². The summed E-state index contributed by atoms with van der Waals surface area (Å²) in [4.78, 5) is 83.7. The van der Waals surface area contributed by atoms with Gasteiger partial charge in [0.15, 0.2) is 0 Å². The summed E-state index contributed by atoms with van der Waals surface area (Å²) >= 11 is 0. The average molecular weight is 1140 g/mol. The smallest absolute Gasteiger partial charge is 0.343 e. The number of amides is 2. The zero-order valence-corrected chi connectivity index (χ0v) is 51.1. The molecule has 2 amide bonds. The monoisotopic (exact) mass is 1140 g/mol. The highest BCUT2D eigenvalue weighted by Crippen LogP contribution is 2.44. The van der Waals surface area contributed by atoms with Crippen LogP contribution in [0.4, 0.5) is 11.4 Å². The third-order valence-corrected chi connectivity index (χ3v) is 15.7. The Kier molecular flexibility index (Phi) is 17.8. The van der Waals surface area contributed by atoms with E-state index in [9.17, 15) is 29.4 Å². The minimum atomic E-state index is -0.838. The van der Waals surface area contributed by atoms with Crippen LogP contribution in [0.1, 0.15) is 230 Å². The molecule has 8 rings (SSSR count). The largest absolute Gasteiger partial charge is 0.507 e. The van der Waals surface area contributed by atoms with Crippen LogP contribution in [-0.4, -0.2) is 60.1 Å². The molecule has 0 aromatic heterocycles. The van der Waals surface area contributed by atoms with Crippen molar-refractivity contribution in [2.45, 2.75) is 169 Å². The molecule has 14 bridgehead atoms. The number of anilines is 2. The molecular weight excluding hydrogens is 1060 g/mol. The van der Waals surface area contributed by atoms with E-state index >= 15 is 9.59 Å². The Morgan fingerprint density at radius 3 is 0.940 bits per heavy atom. The average Bonchev–Trinajstić information content (AvgIpc) is 1.64. The number of methoxy groups -OCH3 is 2. The van der Waals surface area contributed by atoms with E-state index in [0.29, 0.717) is 70.2 Å². The van der Waals surface area contributed by atoms with E-state index in [1.165, 1.54) is 50.6 Å². The van der Waals surface area contributed by atoms with Crippen molar-refractivity contribution < 1.29 is 57.9 Å². The van der Waals surface area contributed by atoms with Crippen LogP contribution < -0.4 is 20.1 Å². The van der Waals surface area contributed by atoms with Crippen molar-refractivity contribution >= 4 is 47.1 Å². The van der Waals surface area contributed by atoms with E-state index in [4.69, 9.17) is 18.9 Å². The van der Waals surface area contributed by atoms with Gasteiger partial charge in [0.05, 0.1) is 36.5 Å². The van der Waals surface area contributed by atoms with Crippen LogP contribution in [0.15, 0.2) is 84.9 Å². The van der Waals surface area contributed by atoms with Crippen molar-refractivity contribution in [2.75, 3.05) is 24.9 Å². The van der Waals surface area contributed by atoms with Gasteiger partial charge in [0.1, 0.15) is 23.0 Å². The minimum Gasteiger partial charge on any atom is -0.507 e. The normalized spacial score (nSPS) is 15.0. The topological polar surface area (TPSA) is 204 Å². The quantitative estimate of drug-likeness (QED) is 0.0943. The van der Waals surface area contributed by atoms with Gasteiger partial charge < -0.3 is 39.8 Å². The highest BCUT2D eigenvalue weighted by molar-refractivity contribution is 6.01. The Bertz CT molecular complexity index is 3280. The predicted molar refractivity (Wildman–Crippen MR) is 326 cm³/mol. The van der Waals surface area contributed by atoms with E-state index in [1.807, 2.05) is 48.5 Å². The fourth-order valence-electron chi connectivity index (χ4n) is 10.7. The second kappa shape index (κ2) is 24.1. The summed E-state index contributed by atoms with van der Waals surface area (Å²) in [6.45, 7) is 25.0. The summed E-state index contributed by atoms with van der Waals surface area (Å²) in [7, 11) is 2.45. The molecule has 6 aromatic carbocycles. The number of esters is 4. The van der Waals surface area contributed by atoms with Crippen molar-refractivity contribution in [1.29, 1.82) is 0 Å². The zero-order chi connectivity index (χ0) is 61.4. The maximum Gasteiger partial charge on any atom is 0.343 e. The number of phenols is 2. The lowest BCUT2D eigenvalue weighted by Crippen LogP contribution is -2.19. The molecule has 2 aliphatic rings. The van der Waals surface area contributed by atoms with Crippen LogP contribution >= 0.6 is 0 Å². The molecule has 14 nitrogen and oxygen atoms in total. The molecule has 0 fully saturated rings. The van der Waals surface area contributed by atoms with Crippen molar-refractivity contribution in [3.8, 4) is 23.0 Å². The fourth-order valence-corrected chi connectivity index (χ4v) is 10.7. The van der Waals surface area contributed by atoms with Crippen molar-refractivity contribution in [3.05, 3.63) is 174 Å². The summed E-state index contributed by atoms with van der Waals surface area (Å²) in [6.07, 6.45) is 2.54. The summed E-state index contributed by atoms with van der Waals surface area (Å²) in [5.41, 5.74) is 6.24. The molecule has 84 heavy (non-hydrogen) atoms. The number of benzene rings is 6. The molecule has 442 valence electrons. The molecule has 0 radical (unpaired) electrons. The number of hydrogen-bond acceptors (Lipinski definition) is 12. The first-order valence-electron chi connectivity index (χ1n) is 28.8. The highest BCUT2D eigenvalue weighted by atomic mass is 16.5. The summed E-state index contributed by atoms with van der Waals surface area (Å²) in [5, 5.41) is 31.5. The SMILES string of the molecule is COC(=O)c1cc2cc(c1)C(=O)Oc1c3cc(C(C)(C)C)cc1Cc1cc(C(C)(C)C)cc(c1O)Cc1cc(C(C)(C)C)cc(c1OC(=O)c1cc(cc(C(=O)OC)c1)NC(=O)CCCCCCC(=O)N2)Cc1cc(C(C)(C)C)cc(c1O)C3. The Hall–Kier alpha value is -8.26. The lowest BCUT2D eigenvalue weighted by Gasteiger charge is -2.28. The third kappa shape index (κ3) is 14.4. The van der Waals surface area contributed by atoms with Crippen LogP contribution in [0.25, 0.3) is 0 Å². The van der Waals surface area contributed by atoms with E-state index in [0.717, 1.165) is 22.3 Å². The van der Waals surface area contributed by atoms with Gasteiger partial charge in [0, 0.05) is 72.2 Å². The summed E-state index contributed by atoms with van der Waals surface area (Å²) < 4.78 is 23.6. The summed E-state index contributed by atoms with van der Waals surface area (Å²) in [6, 6.07) is 24.3. The number of rotatable bonds is 2. The molecule has 4 N–H and O–H groups in total. The second-order valence-corrected chi connectivity index (χ2v) is 26.6. The first-order chi connectivity index (χ1) is 39.3. The third-order valence-electron chi connectivity index (χ3n) is 15.7. The molecule has 0 saturated heterocycles. The van der Waals surface area contributed by atoms with E-state index in [2.05, 4.69) is 93.7 Å². The highest BCUT2D eigenvalue weighted by Gasteiger charge is 2.31. The van der Waals surface area contributed by atoms with Crippen LogP contribution in [0.2, 0.25) is 0 Å². The number of carbonyl (C=O) groups excluding carboxylic acids is 6. The minimum absolute atomic E-state index is 0.000569. The maximum absolute atomic E-state index is 15.1. The second-order valence-electron chi connectivity index (χ2n) is 26.6. The molecule has 14 heteroatoms. The molecule has 1 aliphatic heterocycles. The van der Waals surface area contributed by atoms with Gasteiger partial charge in [-0.25, -0.2) is 19.2 Å². The lowest BCUT2D eigenvalue weighted by atomic mass is 9.79. The first-order valence-corrected chi connectivity index (χ1v) is 28.8. The van der Waals surface area contributed by atoms with Crippen molar-refractivity contribution in [1.82, 2.24) is 0 Å². The number of fused-ring (bicyclic) bond motifs is 6. The van der Waals surface area contributed by atoms with Crippen LogP contribution in [-0.2, 0) is 66.4 Å². The van der Waals surface area contributed by atoms with E-state index in [-0.39, 0.29) is 107 Å². The number of nitrogens with one attached hydrogen (secondary N) is 2. The molecule has 0 atom stereocenters. The van der Waals surface area contributed by atoms with E-state index in [1.54, 1.807) is 0 Å². The first kappa shape index (κ1) is 61.8. The number of phenolic OH excluding ortho intramolecular Hbond substituents is 2. The Labute approximate surface area is 493 Å². The number of hydrogen-bond donors (Lipinski definition) is 4. The maximum atomic E-state index is 15.1. The predicted octanol–water partition coefficient (Wildman–Crippen LogP) is 14.2. The van der Waals surface area contributed by atoms with Gasteiger partial charge in [0.25, 0.3) is 0 Å². The standard InChI is InChI=1S/C70H80N2O12/c1-67(2,3)51-27-39-21-43-31-53(69(7,8)9)33-45-23-41-29-52(68(4,5)6)30-42(60(41)76)24-46-34-54(70(10,11)12)32-44(22-40(28-51)59(39)75)62(46)84-66(80)50-26-48(64(78)82-14)36-56(38-50)72-58(74)20-18-16-15-17-19-57(73)71-55-35-47(63(77)81-13)25-49(37-55)65(79)83-61(43)45/h25-38,75-76H,15-24H2,1-14H3,(H,71,73)(H,72,74). The molecule has 0 saturated carbocycles. The van der Waals surface area contributed by atoms with Crippen LogP contribution in [0.3, 0.4) is 0 Å². The summed E-state index contributed by atoms with van der Waals surface area (Å²) in [5.74, 6) is -3.59. The van der Waals surface area contributed by atoms with Crippen molar-refractivity contribution in [3.63, 3.8) is 0 Å². The lowest BCUT2D eigenvalue weighted by molar-refractivity contribution is -0.117. The van der Waals surface area contributed by atoms with Gasteiger partial charge in [0.2, 0.25) is 11.8 Å². The van der Waals surface area contributed by atoms with Crippen molar-refractivity contribution in [2.24, 2.45) is 0 Å². The Morgan fingerprint density at radius 1 is 0.405 bits per heavy atom. The zero-order valence-electron chi connectivity index (χ0n) is 51.1. The number of ether oxygens (including phenoxy) is 4. The van der Waals surface area contributed by atoms with Crippen LogP contribution in [0, 0.1) is 0 Å². The van der Waals surface area contributed by atoms with Gasteiger partial charge in [-0.15, -0.1) is 0 Å². The van der Waals surface area contributed by atoms with Gasteiger partial charge in [-0.05, 0) is 115 Å². The fraction of sp³-hybridized carbons (Fsp3) is 0.400. The molecule has 6 aromatic rings. The molecular formula is C70H80N2O12. The number of carbonyl (C=O) groups is 6. The van der Waals surface area contributed by atoms with Gasteiger partial charge in [-0.3, -0.25) is 9.59 Å². The molecule has 1 aliphatic carbocycles. The van der Waals surface area contributed by atoms with Crippen LogP contribution in [0.5, 0.6) is 23.0 Å². The molecule has 0 unspecified atom stereocenters. The molecule has 1 heterocycles. The number of aromatic hydroxyl groups is 2.